The summed E-state index contributed by atoms with van der Waals surface area (Å²) >= 11 is 0. The molecule has 5 heteroatoms. The first-order chi connectivity index (χ1) is 9.52. The summed E-state index contributed by atoms with van der Waals surface area (Å²) in [5.74, 6) is -0.774. The van der Waals surface area contributed by atoms with E-state index in [1.807, 2.05) is 19.9 Å². The Kier molecular flexibility index (Phi) is 4.23. The summed E-state index contributed by atoms with van der Waals surface area (Å²) in [6, 6.07) is 4.01. The van der Waals surface area contributed by atoms with Gasteiger partial charge in [0, 0.05) is 12.2 Å². The molecule has 1 heterocycles. The molecule has 5 nitrogen and oxygen atoms in total. The Labute approximate surface area is 118 Å². The van der Waals surface area contributed by atoms with Crippen LogP contribution in [0.25, 0.3) is 0 Å². The second-order valence-electron chi connectivity index (χ2n) is 5.53. The predicted molar refractivity (Wildman–Crippen MR) is 75.4 cm³/mol. The van der Waals surface area contributed by atoms with Crippen molar-refractivity contribution in [3.8, 4) is 6.07 Å². The molecule has 0 saturated carbocycles. The maximum absolute atomic E-state index is 11.2. The first-order valence-electron chi connectivity index (χ1n) is 6.92. The minimum atomic E-state index is -0.827. The number of aliphatic carboxylic acids is 1. The van der Waals surface area contributed by atoms with Crippen LogP contribution < -0.4 is 5.32 Å². The molecule has 0 fully saturated rings. The average Bonchev–Trinajstić information content (AvgIpc) is 2.84. The van der Waals surface area contributed by atoms with Gasteiger partial charge in [-0.2, -0.15) is 5.26 Å². The zero-order valence-electron chi connectivity index (χ0n) is 11.8. The number of pyridine rings is 1. The van der Waals surface area contributed by atoms with E-state index in [1.165, 1.54) is 0 Å². The highest BCUT2D eigenvalue weighted by atomic mass is 16.4. The molecule has 2 N–H and O–H groups in total. The molecule has 1 aliphatic carbocycles. The van der Waals surface area contributed by atoms with Gasteiger partial charge in [0.25, 0.3) is 0 Å². The number of aryl methyl sites for hydroxylation is 2. The Morgan fingerprint density at radius 3 is 2.90 bits per heavy atom. The molecule has 2 rings (SSSR count). The van der Waals surface area contributed by atoms with E-state index in [-0.39, 0.29) is 12.5 Å². The smallest absolute Gasteiger partial charge is 0.308 e. The lowest BCUT2D eigenvalue weighted by Gasteiger charge is -2.18. The minimum absolute atomic E-state index is 0.0277. The van der Waals surface area contributed by atoms with Crippen LogP contribution in [0.5, 0.6) is 0 Å². The summed E-state index contributed by atoms with van der Waals surface area (Å²) in [7, 11) is 0. The molecule has 0 amide bonds. The molecule has 0 bridgehead atoms. The van der Waals surface area contributed by atoms with Crippen LogP contribution in [0.15, 0.2) is 6.07 Å². The van der Waals surface area contributed by atoms with Gasteiger partial charge in [-0.15, -0.1) is 0 Å². The number of carbonyl (C=O) groups is 1. The predicted octanol–water partition coefficient (Wildman–Crippen LogP) is 2.21. The van der Waals surface area contributed by atoms with Crippen LogP contribution in [0.2, 0.25) is 0 Å². The number of fused-ring (bicyclic) bond motifs is 1. The van der Waals surface area contributed by atoms with Crippen molar-refractivity contribution in [1.29, 1.82) is 5.26 Å². The summed E-state index contributed by atoms with van der Waals surface area (Å²) in [6.07, 6.45) is 2.98. The molecule has 1 aromatic rings. The normalized spacial score (nSPS) is 14.7. The third-order valence-corrected chi connectivity index (χ3v) is 3.78. The second-order valence-corrected chi connectivity index (χ2v) is 5.53. The van der Waals surface area contributed by atoms with Crippen molar-refractivity contribution in [2.45, 2.75) is 33.1 Å². The van der Waals surface area contributed by atoms with Crippen molar-refractivity contribution in [3.05, 3.63) is 22.9 Å². The van der Waals surface area contributed by atoms with Gasteiger partial charge >= 0.3 is 5.97 Å². The van der Waals surface area contributed by atoms with Crippen molar-refractivity contribution in [2.24, 2.45) is 11.8 Å². The Bertz CT molecular complexity index is 561. The Balaban J connectivity index is 2.17. The number of rotatable bonds is 5. The number of hydrogen-bond acceptors (Lipinski definition) is 4. The molecule has 1 atom stereocenters. The lowest BCUT2D eigenvalue weighted by Crippen LogP contribution is -2.28. The number of aromatic nitrogens is 1. The number of hydrogen-bond donors (Lipinski definition) is 2. The third-order valence-electron chi connectivity index (χ3n) is 3.78. The Hall–Kier alpha value is -2.09. The van der Waals surface area contributed by atoms with Crippen molar-refractivity contribution < 1.29 is 9.90 Å². The van der Waals surface area contributed by atoms with E-state index in [2.05, 4.69) is 16.4 Å². The molecule has 106 valence electrons. The standard InChI is InChI=1S/C15H19N3O2/c1-9(2)12(15(19)20)8-17-14-11(7-16)6-10-4-3-5-13(10)18-14/h6,9,12H,3-5,8H2,1-2H3,(H,17,18)(H,19,20). The average molecular weight is 273 g/mol. The molecule has 0 aromatic carbocycles. The van der Waals surface area contributed by atoms with Gasteiger partial charge in [0.05, 0.1) is 11.5 Å². The number of anilines is 1. The van der Waals surface area contributed by atoms with Crippen LogP contribution in [-0.4, -0.2) is 22.6 Å². The number of nitrogens with zero attached hydrogens (tertiary/aromatic N) is 2. The molecule has 1 unspecified atom stereocenters. The summed E-state index contributed by atoms with van der Waals surface area (Å²) in [4.78, 5) is 15.7. The Morgan fingerprint density at radius 1 is 1.55 bits per heavy atom. The van der Waals surface area contributed by atoms with Gasteiger partial charge in [-0.3, -0.25) is 4.79 Å². The van der Waals surface area contributed by atoms with E-state index in [0.29, 0.717) is 11.4 Å². The van der Waals surface area contributed by atoms with Crippen molar-refractivity contribution >= 4 is 11.8 Å². The van der Waals surface area contributed by atoms with E-state index >= 15 is 0 Å². The largest absolute Gasteiger partial charge is 0.481 e. The van der Waals surface area contributed by atoms with Crippen LogP contribution in [-0.2, 0) is 17.6 Å². The summed E-state index contributed by atoms with van der Waals surface area (Å²) in [5, 5.41) is 21.4. The highest BCUT2D eigenvalue weighted by Crippen LogP contribution is 2.25. The number of carboxylic acid groups (broad SMARTS) is 1. The molecule has 1 aromatic heterocycles. The molecule has 1 aliphatic rings. The fourth-order valence-electron chi connectivity index (χ4n) is 2.51. The molecule has 20 heavy (non-hydrogen) atoms. The molecule has 0 aliphatic heterocycles. The molecular weight excluding hydrogens is 254 g/mol. The minimum Gasteiger partial charge on any atom is -0.481 e. The van der Waals surface area contributed by atoms with Gasteiger partial charge in [-0.05, 0) is 36.8 Å². The number of nitriles is 1. The first kappa shape index (κ1) is 14.3. The van der Waals surface area contributed by atoms with E-state index < -0.39 is 11.9 Å². The van der Waals surface area contributed by atoms with Crippen LogP contribution in [0.4, 0.5) is 5.82 Å². The third kappa shape index (κ3) is 2.90. The number of carboxylic acids is 1. The van der Waals surface area contributed by atoms with Gasteiger partial charge < -0.3 is 10.4 Å². The number of nitrogens with one attached hydrogen (secondary N) is 1. The van der Waals surface area contributed by atoms with Crippen LogP contribution in [0.3, 0.4) is 0 Å². The lowest BCUT2D eigenvalue weighted by atomic mass is 9.96. The second kappa shape index (κ2) is 5.91. The van der Waals surface area contributed by atoms with Gasteiger partial charge in [-0.25, -0.2) is 4.98 Å². The maximum Gasteiger partial charge on any atom is 0.308 e. The van der Waals surface area contributed by atoms with Crippen molar-refractivity contribution in [2.75, 3.05) is 11.9 Å². The fraction of sp³-hybridized carbons (Fsp3) is 0.533. The quantitative estimate of drug-likeness (QED) is 0.859. The first-order valence-corrected chi connectivity index (χ1v) is 6.92. The molecule has 0 radical (unpaired) electrons. The highest BCUT2D eigenvalue weighted by Gasteiger charge is 2.22. The van der Waals surface area contributed by atoms with E-state index in [9.17, 15) is 15.2 Å². The van der Waals surface area contributed by atoms with Crippen LogP contribution >= 0.6 is 0 Å². The van der Waals surface area contributed by atoms with Crippen LogP contribution in [0.1, 0.15) is 37.1 Å². The SMILES string of the molecule is CC(C)C(CNc1nc2c(cc1C#N)CCC2)C(=O)O. The summed E-state index contributed by atoms with van der Waals surface area (Å²) in [6.45, 7) is 4.04. The van der Waals surface area contributed by atoms with E-state index in [1.54, 1.807) is 0 Å². The van der Waals surface area contributed by atoms with E-state index in [0.717, 1.165) is 30.5 Å². The molecular formula is C15H19N3O2. The highest BCUT2D eigenvalue weighted by molar-refractivity contribution is 5.71. The van der Waals surface area contributed by atoms with Gasteiger partial charge in [0.15, 0.2) is 0 Å². The van der Waals surface area contributed by atoms with Crippen molar-refractivity contribution in [3.63, 3.8) is 0 Å². The maximum atomic E-state index is 11.2. The van der Waals surface area contributed by atoms with Crippen LogP contribution in [0, 0.1) is 23.2 Å². The zero-order valence-corrected chi connectivity index (χ0v) is 11.8. The summed E-state index contributed by atoms with van der Waals surface area (Å²) in [5.41, 5.74) is 2.67. The molecule has 0 spiro atoms. The molecule has 0 saturated heterocycles. The van der Waals surface area contributed by atoms with Gasteiger partial charge in [-0.1, -0.05) is 13.8 Å². The fourth-order valence-corrected chi connectivity index (χ4v) is 2.51. The summed E-state index contributed by atoms with van der Waals surface area (Å²) < 4.78 is 0. The monoisotopic (exact) mass is 273 g/mol. The Morgan fingerprint density at radius 2 is 2.30 bits per heavy atom. The van der Waals surface area contributed by atoms with Gasteiger partial charge in [0.1, 0.15) is 11.9 Å². The lowest BCUT2D eigenvalue weighted by molar-refractivity contribution is -0.142. The van der Waals surface area contributed by atoms with Crippen molar-refractivity contribution in [1.82, 2.24) is 4.98 Å². The topological polar surface area (TPSA) is 86.0 Å². The van der Waals surface area contributed by atoms with E-state index in [4.69, 9.17) is 0 Å². The van der Waals surface area contributed by atoms with Gasteiger partial charge in [0.2, 0.25) is 0 Å². The zero-order chi connectivity index (χ0) is 14.7.